The third-order valence-electron chi connectivity index (χ3n) is 3.80. The molecule has 2 rings (SSSR count). The summed E-state index contributed by atoms with van der Waals surface area (Å²) in [5, 5.41) is 13.1. The number of benzene rings is 1. The highest BCUT2D eigenvalue weighted by Gasteiger charge is 2.16. The fourth-order valence-electron chi connectivity index (χ4n) is 2.66. The smallest absolute Gasteiger partial charge is 0.220 e. The summed E-state index contributed by atoms with van der Waals surface area (Å²) in [5.41, 5.74) is 0.882. The highest BCUT2D eigenvalue weighted by atomic mass is 16.3. The fraction of sp³-hybridized carbons (Fsp3) is 0.562. The minimum absolute atomic E-state index is 0.0712. The molecule has 0 aromatic heterocycles. The Bertz CT molecular complexity index is 385. The van der Waals surface area contributed by atoms with Crippen molar-refractivity contribution in [2.24, 2.45) is 0 Å². The second kappa shape index (κ2) is 7.29. The molecule has 2 N–H and O–H groups in total. The van der Waals surface area contributed by atoms with Crippen molar-refractivity contribution in [3.63, 3.8) is 0 Å². The van der Waals surface area contributed by atoms with E-state index < -0.39 is 6.10 Å². The zero-order valence-electron chi connectivity index (χ0n) is 11.3. The second-order valence-corrected chi connectivity index (χ2v) is 5.37. The third-order valence-corrected chi connectivity index (χ3v) is 3.80. The Morgan fingerprint density at radius 1 is 1.21 bits per heavy atom. The molecule has 3 nitrogen and oxygen atoms in total. The molecule has 0 spiro atoms. The first-order chi connectivity index (χ1) is 9.25. The molecule has 0 bridgehead atoms. The van der Waals surface area contributed by atoms with Crippen LogP contribution in [0.4, 0.5) is 0 Å². The van der Waals surface area contributed by atoms with Crippen molar-refractivity contribution in [2.75, 3.05) is 0 Å². The summed E-state index contributed by atoms with van der Waals surface area (Å²) in [4.78, 5) is 11.8. The average Bonchev–Trinajstić information content (AvgIpc) is 2.47. The van der Waals surface area contributed by atoms with E-state index in [9.17, 15) is 9.90 Å². The SMILES string of the molecule is O=C(CCC(O)c1ccccc1)NC1CCCCC1. The molecule has 1 saturated carbocycles. The Morgan fingerprint density at radius 2 is 1.89 bits per heavy atom. The number of hydrogen-bond donors (Lipinski definition) is 2. The lowest BCUT2D eigenvalue weighted by Gasteiger charge is -2.23. The van der Waals surface area contributed by atoms with E-state index in [1.54, 1.807) is 0 Å². The number of nitrogens with one attached hydrogen (secondary N) is 1. The second-order valence-electron chi connectivity index (χ2n) is 5.37. The summed E-state index contributed by atoms with van der Waals surface area (Å²) < 4.78 is 0. The molecule has 1 atom stereocenters. The van der Waals surface area contributed by atoms with E-state index in [0.29, 0.717) is 18.9 Å². The van der Waals surface area contributed by atoms with Gasteiger partial charge in [-0.1, -0.05) is 49.6 Å². The van der Waals surface area contributed by atoms with Crippen LogP contribution in [0.15, 0.2) is 30.3 Å². The Morgan fingerprint density at radius 3 is 2.58 bits per heavy atom. The van der Waals surface area contributed by atoms with Gasteiger partial charge < -0.3 is 10.4 Å². The zero-order chi connectivity index (χ0) is 13.5. The molecule has 1 unspecified atom stereocenters. The van der Waals surface area contributed by atoms with E-state index in [-0.39, 0.29) is 5.91 Å². The summed E-state index contributed by atoms with van der Waals surface area (Å²) in [6, 6.07) is 9.87. The molecule has 0 radical (unpaired) electrons. The Kier molecular flexibility index (Phi) is 5.40. The summed E-state index contributed by atoms with van der Waals surface area (Å²) in [6.07, 6.45) is 6.28. The minimum atomic E-state index is -0.543. The Labute approximate surface area is 115 Å². The van der Waals surface area contributed by atoms with E-state index >= 15 is 0 Å². The third kappa shape index (κ3) is 4.67. The van der Waals surface area contributed by atoms with Gasteiger partial charge in [-0.2, -0.15) is 0 Å². The van der Waals surface area contributed by atoms with Crippen molar-refractivity contribution in [3.05, 3.63) is 35.9 Å². The lowest BCUT2D eigenvalue weighted by molar-refractivity contribution is -0.122. The highest BCUT2D eigenvalue weighted by molar-refractivity contribution is 5.76. The van der Waals surface area contributed by atoms with Crippen LogP contribution < -0.4 is 5.32 Å². The monoisotopic (exact) mass is 261 g/mol. The van der Waals surface area contributed by atoms with Crippen molar-refractivity contribution in [3.8, 4) is 0 Å². The average molecular weight is 261 g/mol. The van der Waals surface area contributed by atoms with Crippen molar-refractivity contribution >= 4 is 5.91 Å². The van der Waals surface area contributed by atoms with Crippen molar-refractivity contribution in [2.45, 2.75) is 57.1 Å². The van der Waals surface area contributed by atoms with Gasteiger partial charge in [-0.3, -0.25) is 4.79 Å². The number of amides is 1. The Balaban J connectivity index is 1.71. The molecule has 1 fully saturated rings. The first-order valence-corrected chi connectivity index (χ1v) is 7.28. The predicted octanol–water partition coefficient (Wildman–Crippen LogP) is 2.95. The summed E-state index contributed by atoms with van der Waals surface area (Å²) in [6.45, 7) is 0. The largest absolute Gasteiger partial charge is 0.388 e. The molecule has 1 amide bonds. The van der Waals surface area contributed by atoms with Crippen molar-refractivity contribution in [1.29, 1.82) is 0 Å². The maximum absolute atomic E-state index is 11.8. The number of carbonyl (C=O) groups is 1. The molecule has 1 aromatic carbocycles. The van der Waals surface area contributed by atoms with Crippen LogP contribution in [0.1, 0.15) is 56.6 Å². The van der Waals surface area contributed by atoms with Gasteiger partial charge in [0, 0.05) is 12.5 Å². The molecular formula is C16H23NO2. The number of aliphatic hydroxyl groups excluding tert-OH is 1. The van der Waals surface area contributed by atoms with Gasteiger partial charge in [0.2, 0.25) is 5.91 Å². The standard InChI is InChI=1S/C16H23NO2/c18-15(13-7-3-1-4-8-13)11-12-16(19)17-14-9-5-2-6-10-14/h1,3-4,7-8,14-15,18H,2,5-6,9-12H2,(H,17,19). The van der Waals surface area contributed by atoms with E-state index in [0.717, 1.165) is 18.4 Å². The lowest BCUT2D eigenvalue weighted by Crippen LogP contribution is -2.36. The zero-order valence-corrected chi connectivity index (χ0v) is 11.3. The molecular weight excluding hydrogens is 238 g/mol. The van der Waals surface area contributed by atoms with Crippen LogP contribution >= 0.6 is 0 Å². The molecule has 104 valence electrons. The van der Waals surface area contributed by atoms with E-state index in [4.69, 9.17) is 0 Å². The first-order valence-electron chi connectivity index (χ1n) is 7.28. The molecule has 0 aliphatic heterocycles. The molecule has 3 heteroatoms. The summed E-state index contributed by atoms with van der Waals surface area (Å²) in [7, 11) is 0. The van der Waals surface area contributed by atoms with E-state index in [1.165, 1.54) is 19.3 Å². The van der Waals surface area contributed by atoms with E-state index in [1.807, 2.05) is 30.3 Å². The number of aliphatic hydroxyl groups is 1. The van der Waals surface area contributed by atoms with Gasteiger partial charge in [-0.25, -0.2) is 0 Å². The van der Waals surface area contributed by atoms with Crippen LogP contribution in [-0.4, -0.2) is 17.1 Å². The minimum Gasteiger partial charge on any atom is -0.388 e. The summed E-state index contributed by atoms with van der Waals surface area (Å²) >= 11 is 0. The quantitative estimate of drug-likeness (QED) is 0.856. The fourth-order valence-corrected chi connectivity index (χ4v) is 2.66. The van der Waals surface area contributed by atoms with Gasteiger partial charge in [0.25, 0.3) is 0 Å². The molecule has 1 aromatic rings. The van der Waals surface area contributed by atoms with Crippen LogP contribution in [0.3, 0.4) is 0 Å². The Hall–Kier alpha value is -1.35. The normalized spacial score (nSPS) is 17.9. The van der Waals surface area contributed by atoms with Crippen LogP contribution in [-0.2, 0) is 4.79 Å². The summed E-state index contributed by atoms with van der Waals surface area (Å²) in [5.74, 6) is 0.0712. The van der Waals surface area contributed by atoms with Crippen LogP contribution in [0.2, 0.25) is 0 Å². The first kappa shape index (κ1) is 14.1. The maximum atomic E-state index is 11.8. The van der Waals surface area contributed by atoms with Crippen LogP contribution in [0.5, 0.6) is 0 Å². The maximum Gasteiger partial charge on any atom is 0.220 e. The van der Waals surface area contributed by atoms with Gasteiger partial charge in [-0.05, 0) is 24.8 Å². The predicted molar refractivity (Wildman–Crippen MR) is 75.7 cm³/mol. The van der Waals surface area contributed by atoms with Crippen molar-refractivity contribution in [1.82, 2.24) is 5.32 Å². The van der Waals surface area contributed by atoms with Crippen molar-refractivity contribution < 1.29 is 9.90 Å². The van der Waals surface area contributed by atoms with Crippen LogP contribution in [0, 0.1) is 0 Å². The van der Waals surface area contributed by atoms with Gasteiger partial charge in [-0.15, -0.1) is 0 Å². The topological polar surface area (TPSA) is 49.3 Å². The van der Waals surface area contributed by atoms with Gasteiger partial charge in [0.15, 0.2) is 0 Å². The van der Waals surface area contributed by atoms with Gasteiger partial charge in [0.05, 0.1) is 6.10 Å². The molecule has 0 saturated heterocycles. The number of rotatable bonds is 5. The molecule has 1 aliphatic rings. The number of hydrogen-bond acceptors (Lipinski definition) is 2. The highest BCUT2D eigenvalue weighted by Crippen LogP contribution is 2.19. The molecule has 1 aliphatic carbocycles. The van der Waals surface area contributed by atoms with Gasteiger partial charge >= 0.3 is 0 Å². The molecule has 0 heterocycles. The lowest BCUT2D eigenvalue weighted by atomic mass is 9.95. The van der Waals surface area contributed by atoms with Gasteiger partial charge in [0.1, 0.15) is 0 Å². The van der Waals surface area contributed by atoms with Crippen LogP contribution in [0.25, 0.3) is 0 Å². The number of carbonyl (C=O) groups excluding carboxylic acids is 1. The van der Waals surface area contributed by atoms with E-state index in [2.05, 4.69) is 5.32 Å². The molecule has 19 heavy (non-hydrogen) atoms.